The van der Waals surface area contributed by atoms with Crippen LogP contribution in [0.25, 0.3) is 21.5 Å². The van der Waals surface area contributed by atoms with Crippen molar-refractivity contribution >= 4 is 21.5 Å². The van der Waals surface area contributed by atoms with Gasteiger partial charge in [0.15, 0.2) is 0 Å². The van der Waals surface area contributed by atoms with Crippen LogP contribution in [0.5, 0.6) is 11.5 Å². The van der Waals surface area contributed by atoms with Gasteiger partial charge in [-0.05, 0) is 40.4 Å². The van der Waals surface area contributed by atoms with E-state index in [1.54, 1.807) is 13.2 Å². The molecule has 0 fully saturated rings. The molecule has 0 unspecified atom stereocenters. The predicted molar refractivity (Wildman–Crippen MR) is 69.7 cm³/mol. The van der Waals surface area contributed by atoms with E-state index < -0.39 is 0 Å². The maximum atomic E-state index is 9.99. The number of aromatic hydroxyl groups is 1. The van der Waals surface area contributed by atoms with Crippen molar-refractivity contribution in [1.82, 2.24) is 0 Å². The summed E-state index contributed by atoms with van der Waals surface area (Å²) in [6, 6.07) is 15.5. The Labute approximate surface area is 99.1 Å². The Morgan fingerprint density at radius 3 is 2.53 bits per heavy atom. The molecule has 3 aromatic rings. The Morgan fingerprint density at radius 1 is 0.882 bits per heavy atom. The van der Waals surface area contributed by atoms with Gasteiger partial charge in [-0.3, -0.25) is 0 Å². The Bertz CT molecular complexity index is 702. The van der Waals surface area contributed by atoms with Gasteiger partial charge >= 0.3 is 0 Å². The second-order valence-electron chi connectivity index (χ2n) is 4.03. The molecule has 84 valence electrons. The summed E-state index contributed by atoms with van der Waals surface area (Å²) in [5, 5.41) is 14.0. The standard InChI is InChI=1S/C15H12O2/c1-17-11-6-7-13-14(9-11)12-5-3-2-4-10(12)8-15(13)16/h2-9,16H,1H3. The lowest BCUT2D eigenvalue weighted by Gasteiger charge is -2.08. The zero-order valence-electron chi connectivity index (χ0n) is 9.47. The Morgan fingerprint density at radius 2 is 1.71 bits per heavy atom. The van der Waals surface area contributed by atoms with E-state index >= 15 is 0 Å². The van der Waals surface area contributed by atoms with Crippen molar-refractivity contribution < 1.29 is 9.84 Å². The summed E-state index contributed by atoms with van der Waals surface area (Å²) in [5.41, 5.74) is 0. The monoisotopic (exact) mass is 224 g/mol. The van der Waals surface area contributed by atoms with E-state index in [1.807, 2.05) is 36.4 Å². The zero-order valence-corrected chi connectivity index (χ0v) is 9.47. The predicted octanol–water partition coefficient (Wildman–Crippen LogP) is 3.71. The van der Waals surface area contributed by atoms with E-state index in [-0.39, 0.29) is 0 Å². The molecule has 0 aliphatic heterocycles. The minimum atomic E-state index is 0.307. The number of phenols is 1. The second-order valence-corrected chi connectivity index (χ2v) is 4.03. The maximum absolute atomic E-state index is 9.99. The van der Waals surface area contributed by atoms with Crippen LogP contribution in [0.4, 0.5) is 0 Å². The minimum absolute atomic E-state index is 0.307. The normalized spacial score (nSPS) is 10.9. The molecule has 0 saturated heterocycles. The average molecular weight is 224 g/mol. The van der Waals surface area contributed by atoms with E-state index in [2.05, 4.69) is 6.07 Å². The van der Waals surface area contributed by atoms with Gasteiger partial charge in [0.25, 0.3) is 0 Å². The molecule has 1 N–H and O–H groups in total. The first-order valence-corrected chi connectivity index (χ1v) is 5.48. The highest BCUT2D eigenvalue weighted by atomic mass is 16.5. The third-order valence-corrected chi connectivity index (χ3v) is 3.05. The number of rotatable bonds is 1. The molecule has 2 heteroatoms. The molecule has 0 atom stereocenters. The first-order valence-electron chi connectivity index (χ1n) is 5.48. The zero-order chi connectivity index (χ0) is 11.8. The number of ether oxygens (including phenoxy) is 1. The largest absolute Gasteiger partial charge is 0.507 e. The molecule has 0 aromatic heterocycles. The summed E-state index contributed by atoms with van der Waals surface area (Å²) < 4.78 is 5.23. The van der Waals surface area contributed by atoms with Crippen LogP contribution in [0, 0.1) is 0 Å². The number of methoxy groups -OCH3 is 1. The van der Waals surface area contributed by atoms with E-state index in [4.69, 9.17) is 4.74 Å². The summed E-state index contributed by atoms with van der Waals surface area (Å²) in [6.45, 7) is 0. The fourth-order valence-corrected chi connectivity index (χ4v) is 2.19. The van der Waals surface area contributed by atoms with Crippen LogP contribution in [0.1, 0.15) is 0 Å². The lowest BCUT2D eigenvalue weighted by molar-refractivity contribution is 0.415. The van der Waals surface area contributed by atoms with Gasteiger partial charge in [-0.1, -0.05) is 24.3 Å². The second kappa shape index (κ2) is 3.67. The molecule has 0 aliphatic carbocycles. The number of phenolic OH excluding ortho intramolecular Hbond substituents is 1. The minimum Gasteiger partial charge on any atom is -0.507 e. The molecule has 17 heavy (non-hydrogen) atoms. The summed E-state index contributed by atoms with van der Waals surface area (Å²) in [4.78, 5) is 0. The van der Waals surface area contributed by atoms with E-state index in [0.717, 1.165) is 27.3 Å². The SMILES string of the molecule is COc1ccc2c(O)cc3ccccc3c2c1. The van der Waals surface area contributed by atoms with Crippen LogP contribution >= 0.6 is 0 Å². The van der Waals surface area contributed by atoms with Gasteiger partial charge in [-0.25, -0.2) is 0 Å². The molecular formula is C15H12O2. The maximum Gasteiger partial charge on any atom is 0.124 e. The van der Waals surface area contributed by atoms with Crippen LogP contribution in [-0.4, -0.2) is 12.2 Å². The van der Waals surface area contributed by atoms with E-state index in [1.165, 1.54) is 0 Å². The first kappa shape index (κ1) is 9.97. The van der Waals surface area contributed by atoms with Crippen LogP contribution in [-0.2, 0) is 0 Å². The van der Waals surface area contributed by atoms with Gasteiger partial charge in [0.2, 0.25) is 0 Å². The van der Waals surface area contributed by atoms with Crippen molar-refractivity contribution in [2.75, 3.05) is 7.11 Å². The summed E-state index contributed by atoms with van der Waals surface area (Å²) in [7, 11) is 1.64. The highest BCUT2D eigenvalue weighted by molar-refractivity contribution is 6.10. The van der Waals surface area contributed by atoms with Crippen molar-refractivity contribution in [3.05, 3.63) is 48.5 Å². The molecular weight excluding hydrogens is 212 g/mol. The summed E-state index contributed by atoms with van der Waals surface area (Å²) >= 11 is 0. The van der Waals surface area contributed by atoms with Crippen molar-refractivity contribution in [2.45, 2.75) is 0 Å². The average Bonchev–Trinajstić information content (AvgIpc) is 2.38. The third kappa shape index (κ3) is 1.49. The van der Waals surface area contributed by atoms with E-state index in [9.17, 15) is 5.11 Å². The molecule has 0 saturated carbocycles. The smallest absolute Gasteiger partial charge is 0.124 e. The van der Waals surface area contributed by atoms with Crippen molar-refractivity contribution in [1.29, 1.82) is 0 Å². The van der Waals surface area contributed by atoms with Gasteiger partial charge in [-0.2, -0.15) is 0 Å². The van der Waals surface area contributed by atoms with Crippen LogP contribution in [0.15, 0.2) is 48.5 Å². The molecule has 0 bridgehead atoms. The highest BCUT2D eigenvalue weighted by Crippen LogP contribution is 2.34. The fraction of sp³-hybridized carbons (Fsp3) is 0.0667. The molecule has 3 rings (SSSR count). The Balaban J connectivity index is 2.52. The third-order valence-electron chi connectivity index (χ3n) is 3.05. The van der Waals surface area contributed by atoms with Crippen LogP contribution < -0.4 is 4.74 Å². The van der Waals surface area contributed by atoms with Gasteiger partial charge in [0.05, 0.1) is 7.11 Å². The number of benzene rings is 3. The van der Waals surface area contributed by atoms with Crippen molar-refractivity contribution in [3.8, 4) is 11.5 Å². The molecule has 0 aliphatic rings. The summed E-state index contributed by atoms with van der Waals surface area (Å²) in [6.07, 6.45) is 0. The fourth-order valence-electron chi connectivity index (χ4n) is 2.19. The van der Waals surface area contributed by atoms with Gasteiger partial charge in [0, 0.05) is 5.39 Å². The molecule has 0 spiro atoms. The first-order chi connectivity index (χ1) is 8.29. The molecule has 3 aromatic carbocycles. The van der Waals surface area contributed by atoms with Crippen LogP contribution in [0.2, 0.25) is 0 Å². The van der Waals surface area contributed by atoms with Crippen molar-refractivity contribution in [2.24, 2.45) is 0 Å². The van der Waals surface area contributed by atoms with Crippen LogP contribution in [0.3, 0.4) is 0 Å². The Kier molecular flexibility index (Phi) is 2.15. The van der Waals surface area contributed by atoms with Crippen molar-refractivity contribution in [3.63, 3.8) is 0 Å². The van der Waals surface area contributed by atoms with Gasteiger partial charge in [-0.15, -0.1) is 0 Å². The molecule has 2 nitrogen and oxygen atoms in total. The molecule has 0 amide bonds. The number of fused-ring (bicyclic) bond motifs is 3. The lowest BCUT2D eigenvalue weighted by Crippen LogP contribution is -1.84. The number of hydrogen-bond donors (Lipinski definition) is 1. The lowest BCUT2D eigenvalue weighted by atomic mass is 10.0. The Hall–Kier alpha value is -2.22. The summed E-state index contributed by atoms with van der Waals surface area (Å²) in [5.74, 6) is 1.11. The highest BCUT2D eigenvalue weighted by Gasteiger charge is 2.06. The topological polar surface area (TPSA) is 29.5 Å². The van der Waals surface area contributed by atoms with Gasteiger partial charge < -0.3 is 9.84 Å². The number of hydrogen-bond acceptors (Lipinski definition) is 2. The van der Waals surface area contributed by atoms with E-state index in [0.29, 0.717) is 5.75 Å². The van der Waals surface area contributed by atoms with Gasteiger partial charge in [0.1, 0.15) is 11.5 Å². The quantitative estimate of drug-likeness (QED) is 0.638. The molecule has 0 radical (unpaired) electrons. The molecule has 0 heterocycles.